The molecule has 3 N–H and O–H groups in total. The molecule has 0 spiro atoms. The molecule has 2 fully saturated rings. The normalized spacial score (nSPS) is 28.1. The van der Waals surface area contributed by atoms with E-state index in [1.165, 1.54) is 0 Å². The molecule has 1 aliphatic heterocycles. The topological polar surface area (TPSA) is 93.2 Å². The summed E-state index contributed by atoms with van der Waals surface area (Å²) in [6.07, 6.45) is 0.556. The molecule has 0 bridgehead atoms. The molecule has 2 aliphatic carbocycles. The van der Waals surface area contributed by atoms with E-state index in [-0.39, 0.29) is 37.0 Å². The van der Waals surface area contributed by atoms with E-state index in [2.05, 4.69) is 10.4 Å². The number of fused-ring (bicyclic) bond motifs is 2. The molecular formula is C21H22ClF2N5O2. The first-order valence-electron chi connectivity index (χ1n) is 10.2. The van der Waals surface area contributed by atoms with Crippen molar-refractivity contribution in [3.63, 3.8) is 0 Å². The third-order valence-corrected chi connectivity index (χ3v) is 7.25. The molecule has 31 heavy (non-hydrogen) atoms. The lowest BCUT2D eigenvalue weighted by molar-refractivity contribution is 0.0442. The van der Waals surface area contributed by atoms with Crippen LogP contribution in [0.3, 0.4) is 0 Å². The van der Waals surface area contributed by atoms with E-state index in [0.717, 1.165) is 0 Å². The molecule has 2 aromatic rings. The molecule has 3 amide bonds. The third-order valence-electron chi connectivity index (χ3n) is 7.01. The number of nitrogens with zero attached hydrogens (tertiary/aromatic N) is 3. The van der Waals surface area contributed by atoms with E-state index < -0.39 is 23.2 Å². The fourth-order valence-electron chi connectivity index (χ4n) is 5.20. The number of carbonyl (C=O) groups is 2. The maximum atomic E-state index is 13.8. The lowest BCUT2D eigenvalue weighted by Gasteiger charge is -2.30. The van der Waals surface area contributed by atoms with Crippen LogP contribution >= 0.6 is 11.6 Å². The Balaban J connectivity index is 1.35. The Labute approximate surface area is 182 Å². The number of urea groups is 1. The van der Waals surface area contributed by atoms with Gasteiger partial charge < -0.3 is 16.0 Å². The highest BCUT2D eigenvalue weighted by Gasteiger charge is 2.80. The summed E-state index contributed by atoms with van der Waals surface area (Å²) >= 11 is 6.08. The Morgan fingerprint density at radius 1 is 1.32 bits per heavy atom. The van der Waals surface area contributed by atoms with Crippen molar-refractivity contribution < 1.29 is 18.4 Å². The molecule has 164 valence electrons. The van der Waals surface area contributed by atoms with Gasteiger partial charge in [-0.3, -0.25) is 9.48 Å². The number of amides is 3. The van der Waals surface area contributed by atoms with Gasteiger partial charge in [-0.2, -0.15) is 5.10 Å². The van der Waals surface area contributed by atoms with Gasteiger partial charge in [0.1, 0.15) is 5.69 Å². The van der Waals surface area contributed by atoms with Crippen molar-refractivity contribution in [2.75, 3.05) is 6.54 Å². The van der Waals surface area contributed by atoms with Crippen LogP contribution in [0.1, 0.15) is 35.8 Å². The van der Waals surface area contributed by atoms with Crippen LogP contribution < -0.4 is 11.1 Å². The fourth-order valence-corrected chi connectivity index (χ4v) is 5.39. The minimum Gasteiger partial charge on any atom is -0.365 e. The van der Waals surface area contributed by atoms with Crippen molar-refractivity contribution in [2.45, 2.75) is 44.8 Å². The van der Waals surface area contributed by atoms with Crippen LogP contribution in [0.5, 0.6) is 0 Å². The lowest BCUT2D eigenvalue weighted by Crippen LogP contribution is -2.48. The molecule has 1 aromatic carbocycles. The number of hydrogen-bond donors (Lipinski definition) is 2. The molecule has 3 atom stereocenters. The van der Waals surface area contributed by atoms with Crippen LogP contribution in [0.25, 0.3) is 11.3 Å². The van der Waals surface area contributed by atoms with Crippen LogP contribution in [-0.4, -0.2) is 45.1 Å². The van der Waals surface area contributed by atoms with E-state index in [9.17, 15) is 18.4 Å². The first-order valence-corrected chi connectivity index (χ1v) is 10.6. The van der Waals surface area contributed by atoms with Gasteiger partial charge in [0.25, 0.3) is 11.8 Å². The Bertz CT molecular complexity index is 1100. The average molecular weight is 450 g/mol. The largest absolute Gasteiger partial charge is 0.365 e. The molecular weight excluding hydrogens is 428 g/mol. The van der Waals surface area contributed by atoms with Gasteiger partial charge in [0.15, 0.2) is 0 Å². The van der Waals surface area contributed by atoms with Crippen molar-refractivity contribution in [2.24, 2.45) is 17.1 Å². The quantitative estimate of drug-likeness (QED) is 0.753. The Kier molecular flexibility index (Phi) is 4.35. The van der Waals surface area contributed by atoms with Gasteiger partial charge in [0, 0.05) is 34.5 Å². The maximum absolute atomic E-state index is 13.8. The Morgan fingerprint density at radius 2 is 2.10 bits per heavy atom. The predicted molar refractivity (Wildman–Crippen MR) is 110 cm³/mol. The summed E-state index contributed by atoms with van der Waals surface area (Å²) in [5.74, 6) is -3.92. The number of aromatic nitrogens is 2. The number of primary amides is 1. The Hall–Kier alpha value is -2.68. The number of carbonyl (C=O) groups excluding carboxylic acids is 2. The molecule has 2 heterocycles. The molecule has 7 nitrogen and oxygen atoms in total. The van der Waals surface area contributed by atoms with Crippen molar-refractivity contribution in [1.29, 1.82) is 0 Å². The predicted octanol–water partition coefficient (Wildman–Crippen LogP) is 3.26. The van der Waals surface area contributed by atoms with Crippen molar-refractivity contribution in [3.8, 4) is 11.3 Å². The SMILES string of the molecule is C[C@]12C[C@@H](NC(=O)N3CCn4nc(-c5cccc(Cl)c5)c(C(N)=O)c4C3)CC1C2(F)F. The number of benzene rings is 1. The number of rotatable bonds is 3. The second-order valence-electron chi connectivity index (χ2n) is 8.87. The highest BCUT2D eigenvalue weighted by molar-refractivity contribution is 6.30. The van der Waals surface area contributed by atoms with E-state index in [4.69, 9.17) is 17.3 Å². The summed E-state index contributed by atoms with van der Waals surface area (Å²) in [6, 6.07) is 6.38. The number of halogens is 3. The standard InChI is InChI=1S/C21H22ClF2N5O2/c1-20-9-13(8-15(20)21(20,23)24)26-19(31)28-5-6-29-14(10-28)16(18(25)30)17(27-29)11-3-2-4-12(22)7-11/h2-4,7,13,15H,5-6,8-10H2,1H3,(H2,25,30)(H,26,31)/t13-,15?,20-/m0/s1. The number of nitrogens with one attached hydrogen (secondary N) is 1. The zero-order chi connectivity index (χ0) is 22.1. The molecule has 3 aliphatic rings. The fraction of sp³-hybridized carbons (Fsp3) is 0.476. The molecule has 10 heteroatoms. The minimum absolute atomic E-state index is 0.154. The summed E-state index contributed by atoms with van der Waals surface area (Å²) < 4.78 is 29.2. The van der Waals surface area contributed by atoms with Crippen LogP contribution in [-0.2, 0) is 13.1 Å². The summed E-state index contributed by atoms with van der Waals surface area (Å²) in [4.78, 5) is 26.6. The van der Waals surface area contributed by atoms with Gasteiger partial charge in [-0.25, -0.2) is 13.6 Å². The molecule has 1 aromatic heterocycles. The molecule has 2 saturated carbocycles. The van der Waals surface area contributed by atoms with Gasteiger partial charge in [-0.1, -0.05) is 30.7 Å². The van der Waals surface area contributed by atoms with Crippen molar-refractivity contribution >= 4 is 23.5 Å². The van der Waals surface area contributed by atoms with Crippen LogP contribution in [0.15, 0.2) is 24.3 Å². The van der Waals surface area contributed by atoms with E-state index in [0.29, 0.717) is 35.1 Å². The van der Waals surface area contributed by atoms with Gasteiger partial charge in [-0.15, -0.1) is 0 Å². The van der Waals surface area contributed by atoms with Crippen LogP contribution in [0.4, 0.5) is 13.6 Å². The highest BCUT2D eigenvalue weighted by atomic mass is 35.5. The first-order chi connectivity index (χ1) is 14.6. The second-order valence-corrected chi connectivity index (χ2v) is 9.31. The zero-order valence-electron chi connectivity index (χ0n) is 16.9. The number of alkyl halides is 2. The van der Waals surface area contributed by atoms with Crippen molar-refractivity contribution in [3.05, 3.63) is 40.5 Å². The average Bonchev–Trinajstić information content (AvgIpc) is 3.07. The number of nitrogens with two attached hydrogens (primary N) is 1. The summed E-state index contributed by atoms with van der Waals surface area (Å²) in [5, 5.41) is 7.93. The maximum Gasteiger partial charge on any atom is 0.318 e. The molecule has 1 unspecified atom stereocenters. The van der Waals surface area contributed by atoms with Crippen LogP contribution in [0.2, 0.25) is 5.02 Å². The monoisotopic (exact) mass is 449 g/mol. The van der Waals surface area contributed by atoms with E-state index >= 15 is 0 Å². The van der Waals surface area contributed by atoms with E-state index in [1.54, 1.807) is 40.8 Å². The Morgan fingerprint density at radius 3 is 2.74 bits per heavy atom. The van der Waals surface area contributed by atoms with Crippen LogP contribution in [0, 0.1) is 11.3 Å². The summed E-state index contributed by atoms with van der Waals surface area (Å²) in [5.41, 5.74) is 6.56. The molecule has 5 rings (SSSR count). The van der Waals surface area contributed by atoms with E-state index in [1.807, 2.05) is 0 Å². The lowest BCUT2D eigenvalue weighted by atomic mass is 10.0. The minimum atomic E-state index is -2.63. The van der Waals surface area contributed by atoms with Gasteiger partial charge >= 0.3 is 6.03 Å². The zero-order valence-corrected chi connectivity index (χ0v) is 17.6. The smallest absolute Gasteiger partial charge is 0.318 e. The van der Waals surface area contributed by atoms with Gasteiger partial charge in [-0.05, 0) is 25.0 Å². The number of hydrogen-bond acceptors (Lipinski definition) is 3. The van der Waals surface area contributed by atoms with Gasteiger partial charge in [0.2, 0.25) is 0 Å². The first kappa shape index (κ1) is 20.2. The summed E-state index contributed by atoms with van der Waals surface area (Å²) in [6.45, 7) is 2.52. The van der Waals surface area contributed by atoms with Gasteiger partial charge in [0.05, 0.1) is 24.3 Å². The second kappa shape index (κ2) is 6.66. The van der Waals surface area contributed by atoms with Crippen molar-refractivity contribution in [1.82, 2.24) is 20.0 Å². The molecule has 0 radical (unpaired) electrons. The summed E-state index contributed by atoms with van der Waals surface area (Å²) in [7, 11) is 0. The highest BCUT2D eigenvalue weighted by Crippen LogP contribution is 2.73. The third kappa shape index (κ3) is 3.01. The molecule has 0 saturated heterocycles.